The van der Waals surface area contributed by atoms with Crippen LogP contribution < -0.4 is 5.32 Å². The standard InChI is InChI=1S/C19H16N4S.2ClH.Cu/c24-19(21-16-11-5-2-6-12-16)23-22-18(15-9-3-1-4-10-15)17-13-7-8-14-20-17;;;/h1-14H,(H2,20,21,23,24);2*1H;/q;;;+2/p-2. The second-order valence-electron chi connectivity index (χ2n) is 4.99. The van der Waals surface area contributed by atoms with Crippen LogP contribution in [0.15, 0.2) is 90.2 Å². The van der Waals surface area contributed by atoms with Crippen LogP contribution in [-0.2, 0) is 25.4 Å². The second kappa shape index (κ2) is 12.4. The SMILES string of the molecule is [Cl][Cu][Cl].[SH+]=C([N-]N=C(c1ccccc1)c1ccccn1)Nc1ccccc1. The van der Waals surface area contributed by atoms with Gasteiger partial charge in [-0.05, 0) is 24.3 Å². The summed E-state index contributed by atoms with van der Waals surface area (Å²) in [4.78, 5) is 4.37. The summed E-state index contributed by atoms with van der Waals surface area (Å²) in [6, 6.07) is 25.2. The molecule has 0 amide bonds. The molecule has 143 valence electrons. The zero-order valence-corrected chi connectivity index (χ0v) is 17.3. The zero-order chi connectivity index (χ0) is 19.3. The molecule has 0 unspecified atom stereocenters. The Morgan fingerprint density at radius 2 is 1.52 bits per heavy atom. The third-order valence-corrected chi connectivity index (χ3v) is 3.43. The average molecular weight is 467 g/mol. The van der Waals surface area contributed by atoms with Crippen LogP contribution in [0.1, 0.15) is 11.3 Å². The Morgan fingerprint density at radius 1 is 0.926 bits per heavy atom. The van der Waals surface area contributed by atoms with Crippen molar-refractivity contribution in [1.82, 2.24) is 4.98 Å². The van der Waals surface area contributed by atoms with E-state index in [1.807, 2.05) is 78.9 Å². The molecule has 0 aliphatic heterocycles. The molecule has 0 saturated carbocycles. The van der Waals surface area contributed by atoms with Gasteiger partial charge in [-0.1, -0.05) is 54.6 Å². The van der Waals surface area contributed by atoms with E-state index in [4.69, 9.17) is 0 Å². The van der Waals surface area contributed by atoms with E-state index in [1.54, 1.807) is 6.20 Å². The Labute approximate surface area is 178 Å². The molecule has 2 aromatic carbocycles. The molecule has 0 atom stereocenters. The van der Waals surface area contributed by atoms with E-state index in [0.29, 0.717) is 10.8 Å². The Morgan fingerprint density at radius 3 is 2.11 bits per heavy atom. The van der Waals surface area contributed by atoms with Gasteiger partial charge in [-0.2, -0.15) is 0 Å². The first-order chi connectivity index (χ1) is 13.2. The van der Waals surface area contributed by atoms with Gasteiger partial charge in [0, 0.05) is 17.4 Å². The van der Waals surface area contributed by atoms with Crippen LogP contribution in [0, 0.1) is 0 Å². The van der Waals surface area contributed by atoms with Crippen LogP contribution in [-0.4, -0.2) is 15.8 Å². The normalized spacial score (nSPS) is 10.5. The zero-order valence-electron chi connectivity index (χ0n) is 13.9. The number of hydrogen-bond donors (Lipinski definition) is 1. The summed E-state index contributed by atoms with van der Waals surface area (Å²) < 4.78 is 0. The van der Waals surface area contributed by atoms with Crippen LogP contribution in [0.4, 0.5) is 5.69 Å². The van der Waals surface area contributed by atoms with Crippen molar-refractivity contribution in [2.24, 2.45) is 5.10 Å². The summed E-state index contributed by atoms with van der Waals surface area (Å²) in [5, 5.41) is 7.86. The number of hydrogen-bond acceptors (Lipinski definition) is 2. The number of benzene rings is 2. The van der Waals surface area contributed by atoms with E-state index < -0.39 is 0 Å². The number of thiol groups is 1. The van der Waals surface area contributed by atoms with Gasteiger partial charge in [-0.15, -0.1) is 0 Å². The fraction of sp³-hybridized carbons (Fsp3) is 0. The van der Waals surface area contributed by atoms with Crippen molar-refractivity contribution in [3.63, 3.8) is 0 Å². The second-order valence-corrected chi connectivity index (χ2v) is 6.97. The van der Waals surface area contributed by atoms with Gasteiger partial charge in [-0.25, -0.2) is 0 Å². The summed E-state index contributed by atoms with van der Waals surface area (Å²) in [7, 11) is 9.34. The molecule has 8 heteroatoms. The van der Waals surface area contributed by atoms with Gasteiger partial charge >= 0.3 is 33.3 Å². The minimum absolute atomic E-state index is 0.408. The molecule has 0 bridgehead atoms. The van der Waals surface area contributed by atoms with Crippen LogP contribution in [0.25, 0.3) is 5.43 Å². The molecule has 0 aliphatic rings. The molecule has 0 radical (unpaired) electrons. The van der Waals surface area contributed by atoms with Crippen molar-refractivity contribution < 1.29 is 13.1 Å². The first kappa shape index (κ1) is 21.4. The van der Waals surface area contributed by atoms with E-state index in [2.05, 4.69) is 53.2 Å². The Kier molecular flexibility index (Phi) is 9.84. The molecule has 1 aromatic heterocycles. The fourth-order valence-corrected chi connectivity index (χ4v) is 2.30. The quantitative estimate of drug-likeness (QED) is 0.146. The van der Waals surface area contributed by atoms with Gasteiger partial charge in [0.15, 0.2) is 12.2 Å². The molecular weight excluding hydrogens is 451 g/mol. The fourth-order valence-electron chi connectivity index (χ4n) is 2.13. The summed E-state index contributed by atoms with van der Waals surface area (Å²) in [5.74, 6) is 0. The maximum atomic E-state index is 4.67. The van der Waals surface area contributed by atoms with Gasteiger partial charge in [0.05, 0.1) is 11.4 Å². The molecule has 3 rings (SSSR count). The molecule has 0 fully saturated rings. The Bertz CT molecular complexity index is 808. The van der Waals surface area contributed by atoms with Gasteiger partial charge < -0.3 is 15.8 Å². The summed E-state index contributed by atoms with van der Waals surface area (Å²) in [5.41, 5.74) is 7.49. The van der Waals surface area contributed by atoms with Crippen molar-refractivity contribution in [1.29, 1.82) is 0 Å². The number of nitrogens with one attached hydrogen (secondary N) is 1. The van der Waals surface area contributed by atoms with Gasteiger partial charge in [0.2, 0.25) is 5.11 Å². The van der Waals surface area contributed by atoms with E-state index in [-0.39, 0.29) is 0 Å². The van der Waals surface area contributed by atoms with Crippen LogP contribution in [0.2, 0.25) is 0 Å². The first-order valence-electron chi connectivity index (χ1n) is 7.69. The first-order valence-corrected chi connectivity index (χ1v) is 10.7. The third kappa shape index (κ3) is 7.67. The third-order valence-electron chi connectivity index (χ3n) is 3.23. The molecule has 0 aliphatic carbocycles. The summed E-state index contributed by atoms with van der Waals surface area (Å²) in [6.07, 6.45) is 1.74. The van der Waals surface area contributed by atoms with E-state index in [9.17, 15) is 0 Å². The maximum Gasteiger partial charge on any atom is 0.212 e. The van der Waals surface area contributed by atoms with Crippen LogP contribution in [0.3, 0.4) is 0 Å². The van der Waals surface area contributed by atoms with Crippen molar-refractivity contribution >= 4 is 48.9 Å². The smallest absolute Gasteiger partial charge is 0.212 e. The number of nitrogens with zero attached hydrogens (tertiary/aromatic N) is 3. The molecule has 0 saturated heterocycles. The number of rotatable bonds is 4. The van der Waals surface area contributed by atoms with Crippen molar-refractivity contribution in [3.8, 4) is 0 Å². The molecule has 27 heavy (non-hydrogen) atoms. The predicted octanol–water partition coefficient (Wildman–Crippen LogP) is 5.06. The number of halogens is 2. The van der Waals surface area contributed by atoms with Gasteiger partial charge in [0.25, 0.3) is 0 Å². The van der Waals surface area contributed by atoms with E-state index in [0.717, 1.165) is 30.1 Å². The monoisotopic (exact) mass is 465 g/mol. The van der Waals surface area contributed by atoms with Crippen molar-refractivity contribution in [2.75, 3.05) is 5.32 Å². The summed E-state index contributed by atoms with van der Waals surface area (Å²) in [6.45, 7) is 0. The van der Waals surface area contributed by atoms with Gasteiger partial charge in [-0.3, -0.25) is 4.98 Å². The molecule has 1 N–H and O–H groups in total. The summed E-state index contributed by atoms with van der Waals surface area (Å²) >= 11 is 5.11. The minimum atomic E-state index is 0.408. The van der Waals surface area contributed by atoms with E-state index >= 15 is 0 Å². The average Bonchev–Trinajstić information content (AvgIpc) is 2.71. The van der Waals surface area contributed by atoms with Crippen molar-refractivity contribution in [2.45, 2.75) is 0 Å². The predicted molar refractivity (Wildman–Crippen MR) is 115 cm³/mol. The molecule has 3 aromatic rings. The number of para-hydroxylation sites is 1. The topological polar surface area (TPSA) is 51.4 Å². The maximum absolute atomic E-state index is 4.67. The van der Waals surface area contributed by atoms with Crippen LogP contribution in [0.5, 0.6) is 0 Å². The van der Waals surface area contributed by atoms with Crippen molar-refractivity contribution in [3.05, 3.63) is 102 Å². The number of pyridine rings is 1. The minimum Gasteiger partial charge on any atom is -0.509 e. The molecule has 1 heterocycles. The van der Waals surface area contributed by atoms with Gasteiger partial charge in [0.1, 0.15) is 0 Å². The van der Waals surface area contributed by atoms with E-state index in [1.165, 1.54) is 0 Å². The largest absolute Gasteiger partial charge is 0.509 e. The Balaban J connectivity index is 0.000000817. The molecule has 4 nitrogen and oxygen atoms in total. The number of aromatic nitrogens is 1. The Hall–Kier alpha value is -1.95. The molecular formula is C19H16Cl2CuN4S. The van der Waals surface area contributed by atoms with Crippen LogP contribution >= 0.6 is 20.2 Å². The number of anilines is 1. The molecule has 0 spiro atoms.